The van der Waals surface area contributed by atoms with E-state index in [-0.39, 0.29) is 41.2 Å². The molecule has 8 heteroatoms. The first kappa shape index (κ1) is 30.7. The standard InChI is InChI=1S/C36H52N2O5S/c1-22-17-32-33(38(20-22)34(39)42-21-25-9-7-6-8-10-25)24(3)36(43-32)16-14-28-29-12-11-26-18-27(37-44(5,40)41)13-15-35(26,4)31(29)19-30(28)23(36)2/h6-10,22,24,26-29,31-33,37H,11-21H2,1-5H3/t22-,24+,26+,27+,28-,29?,31-,32+,33-,35?,36?/m0/s1. The van der Waals surface area contributed by atoms with Gasteiger partial charge in [-0.25, -0.2) is 17.9 Å². The van der Waals surface area contributed by atoms with E-state index in [1.807, 2.05) is 35.2 Å². The Morgan fingerprint density at radius 2 is 1.86 bits per heavy atom. The highest BCUT2D eigenvalue weighted by Crippen LogP contribution is 2.66. The maximum absolute atomic E-state index is 13.6. The van der Waals surface area contributed by atoms with E-state index in [2.05, 4.69) is 32.4 Å². The molecule has 2 aliphatic heterocycles. The van der Waals surface area contributed by atoms with Gasteiger partial charge in [0.05, 0.1) is 24.0 Å². The van der Waals surface area contributed by atoms with Crippen LogP contribution < -0.4 is 4.72 Å². The summed E-state index contributed by atoms with van der Waals surface area (Å²) in [6.07, 6.45) is 10.9. The van der Waals surface area contributed by atoms with E-state index in [1.54, 1.807) is 5.57 Å². The first-order valence-corrected chi connectivity index (χ1v) is 19.1. The lowest BCUT2D eigenvalue weighted by molar-refractivity contribution is -0.0666. The molecule has 7 nitrogen and oxygen atoms in total. The molecule has 3 saturated carbocycles. The Balaban J connectivity index is 1.12. The van der Waals surface area contributed by atoms with Crippen molar-refractivity contribution in [3.05, 3.63) is 47.0 Å². The van der Waals surface area contributed by atoms with Crippen molar-refractivity contribution in [1.29, 1.82) is 0 Å². The zero-order valence-corrected chi connectivity index (χ0v) is 28.1. The minimum atomic E-state index is -3.18. The van der Waals surface area contributed by atoms with Crippen LogP contribution in [0, 0.1) is 40.9 Å². The van der Waals surface area contributed by atoms with Gasteiger partial charge in [-0.1, -0.05) is 56.7 Å². The summed E-state index contributed by atoms with van der Waals surface area (Å²) in [5.41, 5.74) is 4.08. The van der Waals surface area contributed by atoms with Gasteiger partial charge in [0.2, 0.25) is 10.0 Å². The van der Waals surface area contributed by atoms with Gasteiger partial charge in [-0.05, 0) is 111 Å². The first-order chi connectivity index (χ1) is 20.9. The molecular formula is C36H52N2O5S. The smallest absolute Gasteiger partial charge is 0.410 e. The molecule has 2 heterocycles. The number of hydrogen-bond acceptors (Lipinski definition) is 5. The number of fused-ring (bicyclic) bond motifs is 6. The molecule has 2 saturated heterocycles. The number of piperidine rings is 1. The van der Waals surface area contributed by atoms with Crippen LogP contribution in [-0.4, -0.2) is 56.0 Å². The van der Waals surface area contributed by atoms with Gasteiger partial charge in [-0.15, -0.1) is 0 Å². The van der Waals surface area contributed by atoms with Crippen molar-refractivity contribution in [2.45, 2.75) is 116 Å². The number of amides is 1. The highest BCUT2D eigenvalue weighted by Gasteiger charge is 2.63. The van der Waals surface area contributed by atoms with Gasteiger partial charge >= 0.3 is 6.09 Å². The SMILES string of the molecule is CC1=C2C[C@H]3C(CC[C@@H]4C[C@H](NS(C)(=O)=O)CCC43C)[C@@H]2CCC12O[C@@H]1C[C@H](C)CN(C(=O)OCc3ccccc3)[C@H]1[C@H]2C. The lowest BCUT2D eigenvalue weighted by Crippen LogP contribution is -2.54. The van der Waals surface area contributed by atoms with E-state index in [1.165, 1.54) is 31.1 Å². The number of benzene rings is 1. The Bertz CT molecular complexity index is 1410. The third-order valence-electron chi connectivity index (χ3n) is 13.4. The summed E-state index contributed by atoms with van der Waals surface area (Å²) in [5, 5.41) is 0. The second-order valence-electron chi connectivity index (χ2n) is 15.8. The van der Waals surface area contributed by atoms with Crippen LogP contribution in [0.3, 0.4) is 0 Å². The molecule has 1 amide bonds. The number of nitrogens with zero attached hydrogens (tertiary/aromatic N) is 1. The third kappa shape index (κ3) is 5.06. The number of likely N-dealkylation sites (tertiary alicyclic amines) is 1. The molecule has 6 aliphatic rings. The molecule has 0 radical (unpaired) electrons. The number of hydrogen-bond donors (Lipinski definition) is 1. The number of rotatable bonds is 4. The Hall–Kier alpha value is -1.90. The van der Waals surface area contributed by atoms with Gasteiger partial charge in [0.25, 0.3) is 0 Å². The Labute approximate surface area is 264 Å². The Morgan fingerprint density at radius 3 is 2.61 bits per heavy atom. The highest BCUT2D eigenvalue weighted by molar-refractivity contribution is 7.88. The van der Waals surface area contributed by atoms with Crippen molar-refractivity contribution < 1.29 is 22.7 Å². The summed E-state index contributed by atoms with van der Waals surface area (Å²) in [6, 6.07) is 10.0. The van der Waals surface area contributed by atoms with Crippen molar-refractivity contribution in [3.8, 4) is 0 Å². The molecule has 44 heavy (non-hydrogen) atoms. The third-order valence-corrected chi connectivity index (χ3v) is 14.2. The summed E-state index contributed by atoms with van der Waals surface area (Å²) in [7, 11) is -3.18. The van der Waals surface area contributed by atoms with Gasteiger partial charge in [0, 0.05) is 18.5 Å². The fraction of sp³-hybridized carbons (Fsp3) is 0.750. The molecule has 1 N–H and O–H groups in total. The molecule has 1 aromatic rings. The van der Waals surface area contributed by atoms with Crippen molar-refractivity contribution in [3.63, 3.8) is 0 Å². The average Bonchev–Trinajstić information content (AvgIpc) is 3.50. The van der Waals surface area contributed by atoms with Crippen molar-refractivity contribution in [2.24, 2.45) is 40.9 Å². The second-order valence-corrected chi connectivity index (χ2v) is 17.5. The van der Waals surface area contributed by atoms with Crippen LogP contribution in [0.2, 0.25) is 0 Å². The van der Waals surface area contributed by atoms with Crippen molar-refractivity contribution in [1.82, 2.24) is 9.62 Å². The van der Waals surface area contributed by atoms with Crippen LogP contribution in [0.15, 0.2) is 41.5 Å². The van der Waals surface area contributed by atoms with E-state index in [0.717, 1.165) is 56.6 Å². The Morgan fingerprint density at radius 1 is 1.09 bits per heavy atom. The first-order valence-electron chi connectivity index (χ1n) is 17.2. The maximum Gasteiger partial charge on any atom is 0.410 e. The minimum Gasteiger partial charge on any atom is -0.445 e. The number of ether oxygens (including phenoxy) is 2. The average molecular weight is 625 g/mol. The highest BCUT2D eigenvalue weighted by atomic mass is 32.2. The predicted molar refractivity (Wildman–Crippen MR) is 171 cm³/mol. The van der Waals surface area contributed by atoms with E-state index in [4.69, 9.17) is 9.47 Å². The zero-order valence-electron chi connectivity index (χ0n) is 27.3. The summed E-state index contributed by atoms with van der Waals surface area (Å²) >= 11 is 0. The molecule has 0 aromatic heterocycles. The second kappa shape index (κ2) is 11.1. The number of allylic oxidation sites excluding steroid dienone is 1. The largest absolute Gasteiger partial charge is 0.445 e. The van der Waals surface area contributed by atoms with Crippen LogP contribution in [0.4, 0.5) is 4.79 Å². The summed E-state index contributed by atoms with van der Waals surface area (Å²) in [4.78, 5) is 15.6. The topological polar surface area (TPSA) is 84.9 Å². The van der Waals surface area contributed by atoms with E-state index >= 15 is 0 Å². The lowest BCUT2D eigenvalue weighted by atomic mass is 9.52. The molecule has 3 unspecified atom stereocenters. The molecule has 1 aromatic carbocycles. The van der Waals surface area contributed by atoms with Gasteiger partial charge < -0.3 is 14.4 Å². The molecule has 0 bridgehead atoms. The number of nitrogens with one attached hydrogen (secondary N) is 1. The summed E-state index contributed by atoms with van der Waals surface area (Å²) in [6.45, 7) is 10.5. The monoisotopic (exact) mass is 624 g/mol. The number of carbonyl (C=O) groups is 1. The molecule has 5 fully saturated rings. The predicted octanol–water partition coefficient (Wildman–Crippen LogP) is 6.69. The maximum atomic E-state index is 13.6. The summed E-state index contributed by atoms with van der Waals surface area (Å²) in [5.74, 6) is 3.18. The van der Waals surface area contributed by atoms with E-state index in [9.17, 15) is 13.2 Å². The van der Waals surface area contributed by atoms with Crippen LogP contribution in [0.1, 0.15) is 91.0 Å². The van der Waals surface area contributed by atoms with Gasteiger partial charge in [-0.3, -0.25) is 0 Å². The quantitative estimate of drug-likeness (QED) is 0.378. The molecule has 7 rings (SSSR count). The molecule has 4 aliphatic carbocycles. The molecule has 11 atom stereocenters. The fourth-order valence-electron chi connectivity index (χ4n) is 11.4. The summed E-state index contributed by atoms with van der Waals surface area (Å²) < 4.78 is 40.0. The van der Waals surface area contributed by atoms with Crippen LogP contribution in [-0.2, 0) is 26.1 Å². The number of sulfonamides is 1. The van der Waals surface area contributed by atoms with Crippen LogP contribution in [0.25, 0.3) is 0 Å². The van der Waals surface area contributed by atoms with Crippen LogP contribution in [0.5, 0.6) is 0 Å². The minimum absolute atomic E-state index is 0.0322. The lowest BCUT2D eigenvalue weighted by Gasteiger charge is -2.54. The normalized spacial score (nSPS) is 43.3. The van der Waals surface area contributed by atoms with Crippen molar-refractivity contribution >= 4 is 16.1 Å². The fourth-order valence-corrected chi connectivity index (χ4v) is 12.2. The van der Waals surface area contributed by atoms with Crippen LogP contribution >= 0.6 is 0 Å². The Kier molecular flexibility index (Phi) is 7.77. The van der Waals surface area contributed by atoms with Gasteiger partial charge in [-0.2, -0.15) is 0 Å². The van der Waals surface area contributed by atoms with Gasteiger partial charge in [0.15, 0.2) is 0 Å². The van der Waals surface area contributed by atoms with E-state index < -0.39 is 10.0 Å². The zero-order chi connectivity index (χ0) is 31.0. The van der Waals surface area contributed by atoms with Gasteiger partial charge in [0.1, 0.15) is 6.61 Å². The molecular weight excluding hydrogens is 572 g/mol. The van der Waals surface area contributed by atoms with E-state index in [0.29, 0.717) is 30.3 Å². The molecule has 242 valence electrons. The van der Waals surface area contributed by atoms with Crippen molar-refractivity contribution in [2.75, 3.05) is 12.8 Å². The number of carbonyl (C=O) groups excluding carboxylic acids is 1. The molecule has 1 spiro atoms.